The maximum atomic E-state index is 12.6. The molecule has 0 radical (unpaired) electrons. The van der Waals surface area contributed by atoms with E-state index in [1.165, 1.54) is 12.2 Å². The number of carbonyl (C=O) groups excluding carboxylic acids is 2. The normalized spacial score (nSPS) is 15.7. The lowest BCUT2D eigenvalue weighted by Crippen LogP contribution is -2.64. The topological polar surface area (TPSA) is 108 Å². The maximum absolute atomic E-state index is 12.6. The van der Waals surface area contributed by atoms with Crippen molar-refractivity contribution in [1.29, 1.82) is 0 Å². The van der Waals surface area contributed by atoms with Crippen molar-refractivity contribution in [1.82, 2.24) is 16.0 Å². The van der Waals surface area contributed by atoms with Crippen LogP contribution in [-0.2, 0) is 9.59 Å². The second kappa shape index (κ2) is 6.44. The Bertz CT molecular complexity index is 400. The number of rotatable bonds is 5. The predicted octanol–water partition coefficient (Wildman–Crippen LogP) is 0.216. The first kappa shape index (κ1) is 18.0. The van der Waals surface area contributed by atoms with Gasteiger partial charge in [0.05, 0.1) is 0 Å². The summed E-state index contributed by atoms with van der Waals surface area (Å²) in [6, 6.07) is -2.52. The fraction of sp³-hybridized carbons (Fsp3) is 0.700. The number of hydrogen-bond donors (Lipinski definition) is 4. The lowest BCUT2D eigenvalue weighted by atomic mass is 10.0. The van der Waals surface area contributed by atoms with Crippen molar-refractivity contribution in [2.45, 2.75) is 38.5 Å². The average molecular weight is 299 g/mol. The highest BCUT2D eigenvalue weighted by Gasteiger charge is 2.58. The van der Waals surface area contributed by atoms with Crippen LogP contribution in [0, 0.1) is 0 Å². The second-order valence-corrected chi connectivity index (χ2v) is 4.14. The van der Waals surface area contributed by atoms with Crippen LogP contribution in [0.5, 0.6) is 0 Å². The number of alkyl halides is 3. The quantitative estimate of drug-likeness (QED) is 0.582. The molecule has 7 nitrogen and oxygen atoms in total. The van der Waals surface area contributed by atoms with E-state index in [-0.39, 0.29) is 6.54 Å². The molecule has 4 N–H and O–H groups in total. The number of amides is 3. The minimum atomic E-state index is -5.19. The van der Waals surface area contributed by atoms with E-state index in [9.17, 15) is 27.6 Å². The molecular formula is C10H16F3N3O4. The molecule has 0 aromatic carbocycles. The van der Waals surface area contributed by atoms with Gasteiger partial charge in [0.2, 0.25) is 11.4 Å². The van der Waals surface area contributed by atoms with E-state index in [0.717, 1.165) is 0 Å². The third-order valence-corrected chi connectivity index (χ3v) is 2.45. The number of urea groups is 1. The van der Waals surface area contributed by atoms with Crippen molar-refractivity contribution >= 4 is 17.9 Å². The Balaban J connectivity index is 4.81. The summed E-state index contributed by atoms with van der Waals surface area (Å²) in [5.74, 6) is -2.86. The largest absolute Gasteiger partial charge is 0.479 e. The standard InChI is InChI=1S/C10H16F3N3O4/c1-4-14-6(17)5(2)15-8(20)16-9(3,7(18)19)10(11,12)13/h5H,4H2,1-3H3,(H,14,17)(H,18,19)(H2,15,16,20). The molecule has 0 rings (SSSR count). The zero-order valence-corrected chi connectivity index (χ0v) is 11.1. The summed E-state index contributed by atoms with van der Waals surface area (Å²) in [4.78, 5) is 33.3. The van der Waals surface area contributed by atoms with Crippen LogP contribution in [0.2, 0.25) is 0 Å². The first-order valence-electron chi connectivity index (χ1n) is 5.62. The van der Waals surface area contributed by atoms with Crippen LogP contribution < -0.4 is 16.0 Å². The van der Waals surface area contributed by atoms with Gasteiger partial charge < -0.3 is 21.1 Å². The van der Waals surface area contributed by atoms with Gasteiger partial charge in [-0.25, -0.2) is 9.59 Å². The van der Waals surface area contributed by atoms with E-state index < -0.39 is 35.7 Å². The molecule has 2 atom stereocenters. The van der Waals surface area contributed by atoms with Crippen LogP contribution in [0.25, 0.3) is 0 Å². The number of likely N-dealkylation sites (N-methyl/N-ethyl adjacent to an activating group) is 1. The van der Waals surface area contributed by atoms with Gasteiger partial charge in [-0.1, -0.05) is 0 Å². The van der Waals surface area contributed by atoms with Gasteiger partial charge in [-0.3, -0.25) is 4.79 Å². The molecule has 116 valence electrons. The van der Waals surface area contributed by atoms with E-state index in [0.29, 0.717) is 6.92 Å². The third kappa shape index (κ3) is 4.28. The molecule has 20 heavy (non-hydrogen) atoms. The first-order chi connectivity index (χ1) is 8.95. The first-order valence-corrected chi connectivity index (χ1v) is 5.62. The Morgan fingerprint density at radius 2 is 1.75 bits per heavy atom. The molecule has 2 unspecified atom stereocenters. The van der Waals surface area contributed by atoms with Crippen LogP contribution in [0.4, 0.5) is 18.0 Å². The van der Waals surface area contributed by atoms with Crippen LogP contribution in [0.3, 0.4) is 0 Å². The molecule has 0 fully saturated rings. The molecule has 0 aliphatic carbocycles. The zero-order valence-electron chi connectivity index (χ0n) is 11.1. The Morgan fingerprint density at radius 1 is 1.25 bits per heavy atom. The van der Waals surface area contributed by atoms with Gasteiger partial charge >= 0.3 is 18.2 Å². The predicted molar refractivity (Wildman–Crippen MR) is 61.9 cm³/mol. The van der Waals surface area contributed by atoms with Gasteiger partial charge in [-0.05, 0) is 20.8 Å². The van der Waals surface area contributed by atoms with Crippen molar-refractivity contribution in [3.63, 3.8) is 0 Å². The highest BCUT2D eigenvalue weighted by Crippen LogP contribution is 2.30. The molecule has 0 aromatic heterocycles. The molecule has 0 saturated heterocycles. The van der Waals surface area contributed by atoms with Crippen molar-refractivity contribution in [3.8, 4) is 0 Å². The van der Waals surface area contributed by atoms with Crippen LogP contribution >= 0.6 is 0 Å². The number of aliphatic carboxylic acids is 1. The molecular weight excluding hydrogens is 283 g/mol. The van der Waals surface area contributed by atoms with Crippen molar-refractivity contribution in [3.05, 3.63) is 0 Å². The van der Waals surface area contributed by atoms with E-state index in [1.54, 1.807) is 6.92 Å². The zero-order chi connectivity index (χ0) is 16.1. The van der Waals surface area contributed by atoms with Gasteiger partial charge in [-0.2, -0.15) is 13.2 Å². The Morgan fingerprint density at radius 3 is 2.10 bits per heavy atom. The molecule has 0 spiro atoms. The van der Waals surface area contributed by atoms with Crippen molar-refractivity contribution in [2.75, 3.05) is 6.54 Å². The fourth-order valence-electron chi connectivity index (χ4n) is 1.10. The van der Waals surface area contributed by atoms with Gasteiger partial charge in [-0.15, -0.1) is 0 Å². The van der Waals surface area contributed by atoms with Gasteiger partial charge in [0.15, 0.2) is 0 Å². The van der Waals surface area contributed by atoms with Gasteiger partial charge in [0, 0.05) is 6.54 Å². The van der Waals surface area contributed by atoms with Gasteiger partial charge in [0.25, 0.3) is 0 Å². The molecule has 0 aliphatic rings. The number of carboxylic acid groups (broad SMARTS) is 1. The number of halogens is 3. The average Bonchev–Trinajstić information content (AvgIpc) is 2.26. The van der Waals surface area contributed by atoms with Crippen LogP contribution in [0.15, 0.2) is 0 Å². The molecule has 3 amide bonds. The van der Waals surface area contributed by atoms with Crippen molar-refractivity contribution < 1.29 is 32.7 Å². The smallest absolute Gasteiger partial charge is 0.422 e. The molecule has 0 saturated carbocycles. The minimum Gasteiger partial charge on any atom is -0.479 e. The molecule has 10 heteroatoms. The summed E-state index contributed by atoms with van der Waals surface area (Å²) in [5.41, 5.74) is -3.45. The summed E-state index contributed by atoms with van der Waals surface area (Å²) in [6.45, 7) is 3.46. The lowest BCUT2D eigenvalue weighted by Gasteiger charge is -2.29. The number of carbonyl (C=O) groups is 3. The Hall–Kier alpha value is -2.00. The molecule has 0 heterocycles. The van der Waals surface area contributed by atoms with E-state index >= 15 is 0 Å². The molecule has 0 bridgehead atoms. The van der Waals surface area contributed by atoms with Crippen LogP contribution in [-0.4, -0.2) is 47.3 Å². The summed E-state index contributed by atoms with van der Waals surface area (Å²) >= 11 is 0. The molecule has 0 aromatic rings. The lowest BCUT2D eigenvalue weighted by molar-refractivity contribution is -0.203. The second-order valence-electron chi connectivity index (χ2n) is 4.14. The monoisotopic (exact) mass is 299 g/mol. The minimum absolute atomic E-state index is 0.280. The highest BCUT2D eigenvalue weighted by atomic mass is 19.4. The summed E-state index contributed by atoms with van der Waals surface area (Å²) in [5, 5.41) is 14.2. The van der Waals surface area contributed by atoms with E-state index in [4.69, 9.17) is 5.11 Å². The Labute approximate surface area is 112 Å². The summed E-state index contributed by atoms with van der Waals surface area (Å²) < 4.78 is 37.9. The summed E-state index contributed by atoms with van der Waals surface area (Å²) in [7, 11) is 0. The third-order valence-electron chi connectivity index (χ3n) is 2.45. The summed E-state index contributed by atoms with van der Waals surface area (Å²) in [6.07, 6.45) is -5.19. The Kier molecular flexibility index (Phi) is 5.79. The van der Waals surface area contributed by atoms with E-state index in [1.807, 2.05) is 5.32 Å². The highest BCUT2D eigenvalue weighted by molar-refractivity contribution is 5.90. The number of nitrogens with one attached hydrogen (secondary N) is 3. The number of hydrogen-bond acceptors (Lipinski definition) is 3. The van der Waals surface area contributed by atoms with E-state index in [2.05, 4.69) is 5.32 Å². The van der Waals surface area contributed by atoms with Crippen LogP contribution in [0.1, 0.15) is 20.8 Å². The SMILES string of the molecule is CCNC(=O)C(C)NC(=O)NC(C)(C(=O)O)C(F)(F)F. The molecule has 0 aliphatic heterocycles. The van der Waals surface area contributed by atoms with Crippen molar-refractivity contribution in [2.24, 2.45) is 0 Å². The van der Waals surface area contributed by atoms with Gasteiger partial charge in [0.1, 0.15) is 6.04 Å². The maximum Gasteiger partial charge on any atom is 0.422 e. The fourth-order valence-corrected chi connectivity index (χ4v) is 1.10. The number of carboxylic acids is 1.